The maximum Gasteiger partial charge on any atom is 0.337 e. The maximum absolute atomic E-state index is 12.2. The maximum atomic E-state index is 12.2. The van der Waals surface area contributed by atoms with Crippen LogP contribution in [-0.4, -0.2) is 17.0 Å². The average molecular weight is 337 g/mol. The van der Waals surface area contributed by atoms with Crippen LogP contribution in [0.4, 0.5) is 5.69 Å². The third-order valence-corrected chi connectivity index (χ3v) is 4.55. The summed E-state index contributed by atoms with van der Waals surface area (Å²) in [4.78, 5) is 23.4. The second-order valence-electron chi connectivity index (χ2n) is 5.34. The topological polar surface area (TPSA) is 66.4 Å². The van der Waals surface area contributed by atoms with Crippen LogP contribution in [0.5, 0.6) is 0 Å². The van der Waals surface area contributed by atoms with Crippen LogP contribution in [-0.2, 0) is 4.79 Å². The number of para-hydroxylation sites is 1. The molecule has 1 amide bonds. The highest BCUT2D eigenvalue weighted by Crippen LogP contribution is 2.25. The van der Waals surface area contributed by atoms with E-state index in [4.69, 9.17) is 5.11 Å². The van der Waals surface area contributed by atoms with Crippen molar-refractivity contribution in [3.63, 3.8) is 0 Å². The van der Waals surface area contributed by atoms with Crippen molar-refractivity contribution in [1.29, 1.82) is 0 Å². The number of benzene rings is 2. The lowest BCUT2D eigenvalue weighted by atomic mass is 10.1. The van der Waals surface area contributed by atoms with Gasteiger partial charge >= 0.3 is 5.97 Å². The molecule has 0 spiro atoms. The zero-order valence-electron chi connectivity index (χ0n) is 12.9. The molecule has 24 heavy (non-hydrogen) atoms. The first-order chi connectivity index (χ1) is 11.5. The highest BCUT2D eigenvalue weighted by atomic mass is 32.1. The minimum absolute atomic E-state index is 0.0666. The lowest BCUT2D eigenvalue weighted by Gasteiger charge is -2.07. The number of aromatic carboxylic acids is 1. The Balaban J connectivity index is 1.82. The Hall–Kier alpha value is -2.92. The number of hydrogen-bond donors (Lipinski definition) is 2. The predicted octanol–water partition coefficient (Wildman–Crippen LogP) is 4.64. The Morgan fingerprint density at radius 2 is 1.92 bits per heavy atom. The lowest BCUT2D eigenvalue weighted by molar-refractivity contribution is -0.111. The van der Waals surface area contributed by atoms with Crippen molar-refractivity contribution in [3.05, 3.63) is 71.1 Å². The van der Waals surface area contributed by atoms with E-state index in [1.54, 1.807) is 29.5 Å². The first-order valence-electron chi connectivity index (χ1n) is 7.34. The summed E-state index contributed by atoms with van der Waals surface area (Å²) in [6.45, 7) is 1.86. The van der Waals surface area contributed by atoms with Crippen molar-refractivity contribution >= 4 is 44.6 Å². The SMILES string of the molecule is C/C(=C/C(=O)Nc1ccccc1C(=O)O)c1ccc2ccsc2c1. The van der Waals surface area contributed by atoms with Gasteiger partial charge in [-0.05, 0) is 53.1 Å². The molecule has 0 bridgehead atoms. The molecule has 0 radical (unpaired) electrons. The molecule has 5 heteroatoms. The first-order valence-corrected chi connectivity index (χ1v) is 8.22. The molecule has 0 atom stereocenters. The Morgan fingerprint density at radius 1 is 1.12 bits per heavy atom. The van der Waals surface area contributed by atoms with Gasteiger partial charge < -0.3 is 10.4 Å². The summed E-state index contributed by atoms with van der Waals surface area (Å²) in [6, 6.07) is 14.4. The smallest absolute Gasteiger partial charge is 0.337 e. The van der Waals surface area contributed by atoms with Gasteiger partial charge in [0, 0.05) is 10.8 Å². The number of rotatable bonds is 4. The monoisotopic (exact) mass is 337 g/mol. The van der Waals surface area contributed by atoms with Gasteiger partial charge in [-0.3, -0.25) is 4.79 Å². The van der Waals surface area contributed by atoms with Crippen molar-refractivity contribution in [2.45, 2.75) is 6.92 Å². The number of nitrogens with one attached hydrogen (secondary N) is 1. The summed E-state index contributed by atoms with van der Waals surface area (Å²) in [5.41, 5.74) is 2.13. The number of hydrogen-bond acceptors (Lipinski definition) is 3. The molecule has 2 aromatic carbocycles. The molecule has 3 aromatic rings. The van der Waals surface area contributed by atoms with Gasteiger partial charge in [-0.2, -0.15) is 0 Å². The van der Waals surface area contributed by atoms with Gasteiger partial charge in [-0.1, -0.05) is 24.3 Å². The van der Waals surface area contributed by atoms with Gasteiger partial charge in [-0.15, -0.1) is 11.3 Å². The number of carbonyl (C=O) groups excluding carboxylic acids is 1. The quantitative estimate of drug-likeness (QED) is 0.682. The molecular weight excluding hydrogens is 322 g/mol. The van der Waals surface area contributed by atoms with E-state index >= 15 is 0 Å². The molecule has 0 fully saturated rings. The van der Waals surface area contributed by atoms with Crippen LogP contribution < -0.4 is 5.32 Å². The summed E-state index contributed by atoms with van der Waals surface area (Å²) in [6.07, 6.45) is 1.48. The zero-order chi connectivity index (χ0) is 17.1. The highest BCUT2D eigenvalue weighted by molar-refractivity contribution is 7.17. The molecule has 0 saturated carbocycles. The Bertz CT molecular complexity index is 956. The number of anilines is 1. The van der Waals surface area contributed by atoms with E-state index in [1.165, 1.54) is 17.5 Å². The molecule has 2 N–H and O–H groups in total. The predicted molar refractivity (Wildman–Crippen MR) is 97.5 cm³/mol. The molecule has 0 unspecified atom stereocenters. The van der Waals surface area contributed by atoms with Gasteiger partial charge in [0.25, 0.3) is 0 Å². The van der Waals surface area contributed by atoms with Gasteiger partial charge in [0.05, 0.1) is 11.3 Å². The normalized spacial score (nSPS) is 11.5. The highest BCUT2D eigenvalue weighted by Gasteiger charge is 2.11. The minimum atomic E-state index is -1.07. The summed E-state index contributed by atoms with van der Waals surface area (Å²) >= 11 is 1.65. The average Bonchev–Trinajstić information content (AvgIpc) is 3.02. The number of fused-ring (bicyclic) bond motifs is 1. The molecule has 120 valence electrons. The third kappa shape index (κ3) is 3.36. The number of carboxylic acids is 1. The van der Waals surface area contributed by atoms with E-state index in [0.29, 0.717) is 0 Å². The molecule has 0 aliphatic rings. The third-order valence-electron chi connectivity index (χ3n) is 3.67. The Labute approximate surface area is 143 Å². The molecule has 0 saturated heterocycles. The number of carboxylic acid groups (broad SMARTS) is 1. The number of amides is 1. The van der Waals surface area contributed by atoms with Crippen LogP contribution in [0.25, 0.3) is 15.7 Å². The summed E-state index contributed by atoms with van der Waals surface area (Å²) in [5.74, 6) is -1.43. The van der Waals surface area contributed by atoms with E-state index in [0.717, 1.165) is 15.8 Å². The van der Waals surface area contributed by atoms with Crippen molar-refractivity contribution in [2.24, 2.45) is 0 Å². The number of carbonyl (C=O) groups is 2. The van der Waals surface area contributed by atoms with Crippen molar-refractivity contribution in [1.82, 2.24) is 0 Å². The van der Waals surface area contributed by atoms with Gasteiger partial charge in [0.2, 0.25) is 5.91 Å². The van der Waals surface area contributed by atoms with E-state index in [9.17, 15) is 9.59 Å². The van der Waals surface area contributed by atoms with Crippen LogP contribution >= 0.6 is 11.3 Å². The Morgan fingerprint density at radius 3 is 2.71 bits per heavy atom. The lowest BCUT2D eigenvalue weighted by Crippen LogP contribution is -2.12. The van der Waals surface area contributed by atoms with Gasteiger partial charge in [0.1, 0.15) is 0 Å². The second-order valence-corrected chi connectivity index (χ2v) is 6.29. The second kappa shape index (κ2) is 6.68. The largest absolute Gasteiger partial charge is 0.478 e. The fraction of sp³-hybridized carbons (Fsp3) is 0.0526. The summed E-state index contributed by atoms with van der Waals surface area (Å²) in [7, 11) is 0. The first kappa shape index (κ1) is 16.0. The zero-order valence-corrected chi connectivity index (χ0v) is 13.8. The summed E-state index contributed by atoms with van der Waals surface area (Å²) in [5, 5.41) is 15.0. The standard InChI is InChI=1S/C19H15NO3S/c1-12(14-7-6-13-8-9-24-17(13)11-14)10-18(21)20-16-5-3-2-4-15(16)19(22)23/h2-11H,1H3,(H,20,21)(H,22,23)/b12-10-. The molecule has 3 rings (SSSR count). The van der Waals surface area contributed by atoms with Gasteiger partial charge in [0.15, 0.2) is 0 Å². The molecule has 4 nitrogen and oxygen atoms in total. The number of allylic oxidation sites excluding steroid dienone is 1. The van der Waals surface area contributed by atoms with Crippen LogP contribution in [0.3, 0.4) is 0 Å². The minimum Gasteiger partial charge on any atom is -0.478 e. The van der Waals surface area contributed by atoms with Crippen LogP contribution in [0.15, 0.2) is 60.0 Å². The van der Waals surface area contributed by atoms with E-state index in [2.05, 4.69) is 11.4 Å². The van der Waals surface area contributed by atoms with Crippen LogP contribution in [0.2, 0.25) is 0 Å². The molecular formula is C19H15NO3S. The van der Waals surface area contributed by atoms with Crippen molar-refractivity contribution in [3.8, 4) is 0 Å². The molecule has 0 aliphatic carbocycles. The van der Waals surface area contributed by atoms with E-state index < -0.39 is 5.97 Å². The van der Waals surface area contributed by atoms with Crippen molar-refractivity contribution < 1.29 is 14.7 Å². The van der Waals surface area contributed by atoms with Crippen LogP contribution in [0, 0.1) is 0 Å². The fourth-order valence-electron chi connectivity index (χ4n) is 2.43. The molecule has 0 aliphatic heterocycles. The fourth-order valence-corrected chi connectivity index (χ4v) is 3.26. The van der Waals surface area contributed by atoms with Gasteiger partial charge in [-0.25, -0.2) is 4.79 Å². The molecule has 1 heterocycles. The Kier molecular flexibility index (Phi) is 4.44. The van der Waals surface area contributed by atoms with Crippen LogP contribution in [0.1, 0.15) is 22.8 Å². The molecule has 1 aromatic heterocycles. The van der Waals surface area contributed by atoms with E-state index in [-0.39, 0.29) is 17.2 Å². The van der Waals surface area contributed by atoms with Crippen molar-refractivity contribution in [2.75, 3.05) is 5.32 Å². The van der Waals surface area contributed by atoms with E-state index in [1.807, 2.05) is 30.5 Å². The summed E-state index contributed by atoms with van der Waals surface area (Å²) < 4.78 is 1.16. The number of thiophene rings is 1.